The third-order valence-corrected chi connectivity index (χ3v) is 3.65. The number of rotatable bonds is 3. The molecule has 1 fully saturated rings. The van der Waals surface area contributed by atoms with Crippen LogP contribution in [0.15, 0.2) is 4.79 Å². The molecule has 4 heteroatoms. The number of H-pyrrole nitrogens is 1. The van der Waals surface area contributed by atoms with E-state index >= 15 is 0 Å². The lowest BCUT2D eigenvalue weighted by Crippen LogP contribution is -2.20. The fourth-order valence-corrected chi connectivity index (χ4v) is 2.67. The molecule has 1 aromatic rings. The summed E-state index contributed by atoms with van der Waals surface area (Å²) < 4.78 is 0. The van der Waals surface area contributed by atoms with E-state index in [1.54, 1.807) is 0 Å². The second-order valence-electron chi connectivity index (χ2n) is 5.18. The Morgan fingerprint density at radius 3 is 2.76 bits per heavy atom. The van der Waals surface area contributed by atoms with E-state index in [0.29, 0.717) is 23.7 Å². The van der Waals surface area contributed by atoms with Crippen LogP contribution in [0.3, 0.4) is 0 Å². The Labute approximate surface area is 102 Å². The molecule has 0 spiro atoms. The molecule has 1 aliphatic rings. The molecule has 0 radical (unpaired) electrons. The third-order valence-electron chi connectivity index (χ3n) is 3.65. The minimum Gasteiger partial charge on any atom is -0.383 e. The fourth-order valence-electron chi connectivity index (χ4n) is 2.67. The molecule has 2 rings (SSSR count). The highest BCUT2D eigenvalue weighted by Gasteiger charge is 2.25. The quantitative estimate of drug-likeness (QED) is 0.843. The monoisotopic (exact) mass is 235 g/mol. The maximum Gasteiger partial charge on any atom is 0.256 e. The van der Waals surface area contributed by atoms with Gasteiger partial charge in [-0.05, 0) is 31.6 Å². The molecule has 0 bridgehead atoms. The van der Waals surface area contributed by atoms with Crippen LogP contribution in [0.25, 0.3) is 0 Å². The van der Waals surface area contributed by atoms with Crippen molar-refractivity contribution in [2.45, 2.75) is 51.9 Å². The number of aromatic nitrogens is 2. The highest BCUT2D eigenvalue weighted by Crippen LogP contribution is 2.36. The summed E-state index contributed by atoms with van der Waals surface area (Å²) in [6.45, 7) is 4.28. The topological polar surface area (TPSA) is 71.8 Å². The molecular formula is C13H21N3O. The van der Waals surface area contributed by atoms with Gasteiger partial charge in [0.2, 0.25) is 0 Å². The van der Waals surface area contributed by atoms with Gasteiger partial charge in [0.15, 0.2) is 0 Å². The maximum atomic E-state index is 11.9. The first kappa shape index (κ1) is 12.1. The van der Waals surface area contributed by atoms with Crippen molar-refractivity contribution in [2.24, 2.45) is 5.92 Å². The summed E-state index contributed by atoms with van der Waals surface area (Å²) >= 11 is 0. The Morgan fingerprint density at radius 1 is 1.47 bits per heavy atom. The molecule has 3 N–H and O–H groups in total. The van der Waals surface area contributed by atoms with Crippen LogP contribution in [0.5, 0.6) is 0 Å². The van der Waals surface area contributed by atoms with Gasteiger partial charge in [-0.3, -0.25) is 4.79 Å². The molecule has 0 aromatic carbocycles. The second kappa shape index (κ2) is 4.90. The van der Waals surface area contributed by atoms with Gasteiger partial charge in [0, 0.05) is 5.92 Å². The minimum atomic E-state index is -0.0473. The molecule has 1 aliphatic carbocycles. The summed E-state index contributed by atoms with van der Waals surface area (Å²) in [6, 6.07) is 0. The van der Waals surface area contributed by atoms with Crippen LogP contribution in [-0.4, -0.2) is 9.97 Å². The Balaban J connectivity index is 2.29. The molecule has 4 nitrogen and oxygen atoms in total. The standard InChI is InChI=1S/C13H21N3O/c1-3-4-10-11(14)15-12(16-13(10)17)9-6-5-8(2)7-9/h8-9H,3-7H2,1-2H3,(H3,14,15,16,17). The number of nitrogens with one attached hydrogen (secondary N) is 1. The SMILES string of the molecule is CCCc1c(N)nc(C2CCC(C)C2)[nH]c1=O. The van der Waals surface area contributed by atoms with Crippen LogP contribution in [0, 0.1) is 5.92 Å². The minimum absolute atomic E-state index is 0.0473. The number of hydrogen-bond donors (Lipinski definition) is 2. The van der Waals surface area contributed by atoms with Gasteiger partial charge in [-0.15, -0.1) is 0 Å². The Hall–Kier alpha value is -1.32. The predicted molar refractivity (Wildman–Crippen MR) is 69.0 cm³/mol. The van der Waals surface area contributed by atoms with Gasteiger partial charge in [0.25, 0.3) is 5.56 Å². The molecule has 94 valence electrons. The van der Waals surface area contributed by atoms with Gasteiger partial charge in [-0.25, -0.2) is 4.98 Å². The van der Waals surface area contributed by atoms with E-state index < -0.39 is 0 Å². The zero-order chi connectivity index (χ0) is 12.4. The Morgan fingerprint density at radius 2 is 2.24 bits per heavy atom. The third kappa shape index (κ3) is 2.51. The van der Waals surface area contributed by atoms with Crippen molar-refractivity contribution in [3.05, 3.63) is 21.7 Å². The molecule has 2 unspecified atom stereocenters. The van der Waals surface area contributed by atoms with Crippen LogP contribution < -0.4 is 11.3 Å². The second-order valence-corrected chi connectivity index (χ2v) is 5.18. The van der Waals surface area contributed by atoms with Crippen LogP contribution in [-0.2, 0) is 6.42 Å². The van der Waals surface area contributed by atoms with Gasteiger partial charge in [0.1, 0.15) is 11.6 Å². The first-order chi connectivity index (χ1) is 8.11. The van der Waals surface area contributed by atoms with Crippen molar-refractivity contribution in [1.82, 2.24) is 9.97 Å². The summed E-state index contributed by atoms with van der Waals surface area (Å²) in [6.07, 6.45) is 5.04. The van der Waals surface area contributed by atoms with Crippen molar-refractivity contribution in [1.29, 1.82) is 0 Å². The van der Waals surface area contributed by atoms with Crippen LogP contribution >= 0.6 is 0 Å². The molecule has 0 amide bonds. The highest BCUT2D eigenvalue weighted by molar-refractivity contribution is 5.38. The number of hydrogen-bond acceptors (Lipinski definition) is 3. The largest absolute Gasteiger partial charge is 0.383 e. The Kier molecular flexibility index (Phi) is 3.50. The van der Waals surface area contributed by atoms with Crippen molar-refractivity contribution >= 4 is 5.82 Å². The van der Waals surface area contributed by atoms with Gasteiger partial charge in [0.05, 0.1) is 5.56 Å². The zero-order valence-corrected chi connectivity index (χ0v) is 10.6. The van der Waals surface area contributed by atoms with E-state index in [0.717, 1.165) is 31.0 Å². The van der Waals surface area contributed by atoms with E-state index in [-0.39, 0.29) is 5.56 Å². The average Bonchev–Trinajstić information content (AvgIpc) is 2.70. The molecule has 0 saturated heterocycles. The molecule has 1 saturated carbocycles. The van der Waals surface area contributed by atoms with E-state index in [2.05, 4.69) is 16.9 Å². The molecule has 2 atom stereocenters. The van der Waals surface area contributed by atoms with Crippen LogP contribution in [0.4, 0.5) is 5.82 Å². The lowest BCUT2D eigenvalue weighted by Gasteiger charge is -2.11. The number of nitrogens with zero attached hydrogens (tertiary/aromatic N) is 1. The number of aromatic amines is 1. The molecule has 17 heavy (non-hydrogen) atoms. The van der Waals surface area contributed by atoms with Crippen LogP contribution in [0.1, 0.15) is 56.8 Å². The van der Waals surface area contributed by atoms with Gasteiger partial charge in [-0.2, -0.15) is 0 Å². The first-order valence-corrected chi connectivity index (χ1v) is 6.50. The van der Waals surface area contributed by atoms with E-state index in [1.165, 1.54) is 6.42 Å². The molecule has 1 aromatic heterocycles. The van der Waals surface area contributed by atoms with E-state index in [4.69, 9.17) is 5.73 Å². The number of nitrogens with two attached hydrogens (primary N) is 1. The van der Waals surface area contributed by atoms with Gasteiger partial charge < -0.3 is 10.7 Å². The van der Waals surface area contributed by atoms with Crippen molar-refractivity contribution in [2.75, 3.05) is 5.73 Å². The lowest BCUT2D eigenvalue weighted by molar-refractivity contribution is 0.584. The fraction of sp³-hybridized carbons (Fsp3) is 0.692. The van der Waals surface area contributed by atoms with Gasteiger partial charge >= 0.3 is 0 Å². The van der Waals surface area contributed by atoms with E-state index in [9.17, 15) is 4.79 Å². The van der Waals surface area contributed by atoms with E-state index in [1.807, 2.05) is 6.92 Å². The summed E-state index contributed by atoms with van der Waals surface area (Å²) in [5, 5.41) is 0. The van der Waals surface area contributed by atoms with Crippen molar-refractivity contribution in [3.8, 4) is 0 Å². The highest BCUT2D eigenvalue weighted by atomic mass is 16.1. The predicted octanol–water partition coefficient (Wildman–Crippen LogP) is 2.21. The Bertz CT molecular complexity index is 452. The summed E-state index contributed by atoms with van der Waals surface area (Å²) in [5.41, 5.74) is 6.47. The van der Waals surface area contributed by atoms with Gasteiger partial charge in [-0.1, -0.05) is 20.3 Å². The molecule has 1 heterocycles. The van der Waals surface area contributed by atoms with Crippen LogP contribution in [0.2, 0.25) is 0 Å². The normalized spacial score (nSPS) is 24.1. The summed E-state index contributed by atoms with van der Waals surface area (Å²) in [7, 11) is 0. The number of anilines is 1. The maximum absolute atomic E-state index is 11.9. The first-order valence-electron chi connectivity index (χ1n) is 6.50. The summed E-state index contributed by atoms with van der Waals surface area (Å²) in [4.78, 5) is 19.2. The zero-order valence-electron chi connectivity index (χ0n) is 10.6. The lowest BCUT2D eigenvalue weighted by atomic mass is 10.1. The average molecular weight is 235 g/mol. The smallest absolute Gasteiger partial charge is 0.256 e. The molecule has 0 aliphatic heterocycles. The van der Waals surface area contributed by atoms with Crippen molar-refractivity contribution in [3.63, 3.8) is 0 Å². The van der Waals surface area contributed by atoms with Crippen molar-refractivity contribution < 1.29 is 0 Å². The molecular weight excluding hydrogens is 214 g/mol. The number of nitrogen functional groups attached to an aromatic ring is 1. The summed E-state index contributed by atoms with van der Waals surface area (Å²) in [5.74, 6) is 2.32.